The van der Waals surface area contributed by atoms with Gasteiger partial charge in [-0.1, -0.05) is 36.4 Å². The van der Waals surface area contributed by atoms with Crippen LogP contribution >= 0.6 is 0 Å². The van der Waals surface area contributed by atoms with Crippen molar-refractivity contribution in [3.63, 3.8) is 0 Å². The van der Waals surface area contributed by atoms with Crippen LogP contribution < -0.4 is 10.1 Å². The molecule has 5 heteroatoms. The second-order valence-corrected chi connectivity index (χ2v) is 7.13. The molecule has 1 N–H and O–H groups in total. The Morgan fingerprint density at radius 2 is 1.89 bits per heavy atom. The number of nitrogens with one attached hydrogen (secondary N) is 1. The quantitative estimate of drug-likeness (QED) is 0.742. The van der Waals surface area contributed by atoms with E-state index in [4.69, 9.17) is 9.47 Å². The van der Waals surface area contributed by atoms with E-state index in [0.717, 1.165) is 30.6 Å². The van der Waals surface area contributed by atoms with Crippen molar-refractivity contribution in [1.29, 1.82) is 0 Å². The number of methoxy groups -OCH3 is 1. The molecule has 1 aliphatic rings. The number of esters is 1. The second kappa shape index (κ2) is 9.40. The Kier molecular flexibility index (Phi) is 6.69. The molecule has 2 atom stereocenters. The number of ether oxygens (including phenoxy) is 2. The minimum atomic E-state index is -0.808. The van der Waals surface area contributed by atoms with Crippen LogP contribution in [0.1, 0.15) is 48.9 Å². The Bertz CT molecular complexity index is 816. The Labute approximate surface area is 166 Å². The van der Waals surface area contributed by atoms with Gasteiger partial charge < -0.3 is 14.8 Å². The van der Waals surface area contributed by atoms with Gasteiger partial charge in [0, 0.05) is 6.42 Å². The Morgan fingerprint density at radius 3 is 2.64 bits per heavy atom. The lowest BCUT2D eigenvalue weighted by Crippen LogP contribution is -2.39. The fourth-order valence-corrected chi connectivity index (χ4v) is 3.54. The maximum Gasteiger partial charge on any atom is 0.306 e. The largest absolute Gasteiger partial charge is 0.497 e. The van der Waals surface area contributed by atoms with Crippen molar-refractivity contribution in [2.75, 3.05) is 7.11 Å². The molecule has 0 unspecified atom stereocenters. The van der Waals surface area contributed by atoms with Gasteiger partial charge in [0.25, 0.3) is 5.91 Å². The summed E-state index contributed by atoms with van der Waals surface area (Å²) < 4.78 is 10.5. The van der Waals surface area contributed by atoms with Crippen LogP contribution in [-0.2, 0) is 27.2 Å². The highest BCUT2D eigenvalue weighted by atomic mass is 16.5. The first-order valence-corrected chi connectivity index (χ1v) is 9.77. The molecule has 1 amide bonds. The van der Waals surface area contributed by atoms with Gasteiger partial charge in [-0.2, -0.15) is 0 Å². The van der Waals surface area contributed by atoms with E-state index in [-0.39, 0.29) is 24.3 Å². The van der Waals surface area contributed by atoms with Gasteiger partial charge in [0.05, 0.1) is 13.2 Å². The maximum absolute atomic E-state index is 12.5. The van der Waals surface area contributed by atoms with E-state index < -0.39 is 6.10 Å². The fraction of sp³-hybridized carbons (Fsp3) is 0.391. The van der Waals surface area contributed by atoms with Crippen LogP contribution in [0.25, 0.3) is 0 Å². The van der Waals surface area contributed by atoms with Crippen molar-refractivity contribution >= 4 is 11.9 Å². The van der Waals surface area contributed by atoms with Crippen molar-refractivity contribution in [2.45, 2.75) is 51.2 Å². The van der Waals surface area contributed by atoms with Gasteiger partial charge in [-0.25, -0.2) is 0 Å². The predicted octanol–water partition coefficient (Wildman–Crippen LogP) is 3.75. The van der Waals surface area contributed by atoms with Gasteiger partial charge in [0.1, 0.15) is 5.75 Å². The van der Waals surface area contributed by atoms with Crippen LogP contribution in [0.3, 0.4) is 0 Å². The summed E-state index contributed by atoms with van der Waals surface area (Å²) in [4.78, 5) is 24.6. The van der Waals surface area contributed by atoms with Crippen LogP contribution in [0.2, 0.25) is 0 Å². The zero-order chi connectivity index (χ0) is 19.9. The summed E-state index contributed by atoms with van der Waals surface area (Å²) in [5.41, 5.74) is 3.47. The average Bonchev–Trinajstić information content (AvgIpc) is 2.73. The number of carbonyl (C=O) groups excluding carboxylic acids is 2. The summed E-state index contributed by atoms with van der Waals surface area (Å²) in [5.74, 6) is 0.155. The first-order chi connectivity index (χ1) is 13.6. The standard InChI is InChI=1S/C23H27NO4/c1-16(28-22(25)15-12-17-10-13-19(27-2)14-11-17)23(26)24-21-9-5-7-18-6-3-4-8-20(18)21/h3-4,6,8,10-11,13-14,16,21H,5,7,9,12,15H2,1-2H3,(H,24,26)/t16-,21+/m0/s1. The lowest BCUT2D eigenvalue weighted by atomic mass is 9.87. The monoisotopic (exact) mass is 381 g/mol. The van der Waals surface area contributed by atoms with E-state index in [2.05, 4.69) is 17.4 Å². The highest BCUT2D eigenvalue weighted by Crippen LogP contribution is 2.29. The average molecular weight is 381 g/mol. The third kappa shape index (κ3) is 5.12. The normalized spacial score (nSPS) is 16.6. The van der Waals surface area contributed by atoms with Gasteiger partial charge in [-0.15, -0.1) is 0 Å². The van der Waals surface area contributed by atoms with Crippen LogP contribution in [0.4, 0.5) is 0 Å². The summed E-state index contributed by atoms with van der Waals surface area (Å²) in [6.45, 7) is 1.62. The highest BCUT2D eigenvalue weighted by Gasteiger charge is 2.25. The minimum absolute atomic E-state index is 0.0158. The summed E-state index contributed by atoms with van der Waals surface area (Å²) >= 11 is 0. The van der Waals surface area contributed by atoms with Crippen molar-refractivity contribution in [3.8, 4) is 5.75 Å². The molecule has 148 valence electrons. The number of carbonyl (C=O) groups is 2. The second-order valence-electron chi connectivity index (χ2n) is 7.13. The molecular formula is C23H27NO4. The molecule has 0 bridgehead atoms. The molecule has 28 heavy (non-hydrogen) atoms. The van der Waals surface area contributed by atoms with Crippen LogP contribution in [-0.4, -0.2) is 25.1 Å². The highest BCUT2D eigenvalue weighted by molar-refractivity contribution is 5.83. The predicted molar refractivity (Wildman–Crippen MR) is 107 cm³/mol. The molecular weight excluding hydrogens is 354 g/mol. The van der Waals surface area contributed by atoms with E-state index in [1.807, 2.05) is 36.4 Å². The number of hydrogen-bond donors (Lipinski definition) is 1. The number of amides is 1. The molecule has 5 nitrogen and oxygen atoms in total. The maximum atomic E-state index is 12.5. The van der Waals surface area contributed by atoms with Crippen molar-refractivity contribution in [2.24, 2.45) is 0 Å². The summed E-state index contributed by atoms with van der Waals surface area (Å²) in [6.07, 6.45) is 2.97. The first-order valence-electron chi connectivity index (χ1n) is 9.77. The number of fused-ring (bicyclic) bond motifs is 1. The molecule has 0 fully saturated rings. The molecule has 0 heterocycles. The van der Waals surface area contributed by atoms with Gasteiger partial charge in [-0.05, 0) is 61.4 Å². The fourth-order valence-electron chi connectivity index (χ4n) is 3.54. The third-order valence-corrected chi connectivity index (χ3v) is 5.14. The van der Waals surface area contributed by atoms with Crippen molar-refractivity contribution < 1.29 is 19.1 Å². The molecule has 2 aromatic rings. The minimum Gasteiger partial charge on any atom is -0.497 e. The molecule has 0 saturated carbocycles. The number of hydrogen-bond acceptors (Lipinski definition) is 4. The smallest absolute Gasteiger partial charge is 0.306 e. The Balaban J connectivity index is 1.48. The van der Waals surface area contributed by atoms with E-state index in [9.17, 15) is 9.59 Å². The zero-order valence-electron chi connectivity index (χ0n) is 16.4. The van der Waals surface area contributed by atoms with Crippen molar-refractivity contribution in [1.82, 2.24) is 5.32 Å². The lowest BCUT2D eigenvalue weighted by Gasteiger charge is -2.27. The molecule has 0 aromatic heterocycles. The SMILES string of the molecule is COc1ccc(CCC(=O)O[C@@H](C)C(=O)N[C@@H]2CCCc3ccccc32)cc1. The molecule has 1 aliphatic carbocycles. The lowest BCUT2D eigenvalue weighted by molar-refractivity contribution is -0.155. The summed E-state index contributed by atoms with van der Waals surface area (Å²) in [6, 6.07) is 15.7. The number of aryl methyl sites for hydroxylation is 2. The van der Waals surface area contributed by atoms with E-state index in [0.29, 0.717) is 6.42 Å². The molecule has 2 aromatic carbocycles. The summed E-state index contributed by atoms with van der Waals surface area (Å²) in [5, 5.41) is 3.04. The Morgan fingerprint density at radius 1 is 1.14 bits per heavy atom. The number of rotatable bonds is 7. The van der Waals surface area contributed by atoms with Gasteiger partial charge in [-0.3, -0.25) is 9.59 Å². The van der Waals surface area contributed by atoms with Crippen LogP contribution in [0.5, 0.6) is 5.75 Å². The van der Waals surface area contributed by atoms with Crippen LogP contribution in [0, 0.1) is 0 Å². The molecule has 0 spiro atoms. The Hall–Kier alpha value is -2.82. The topological polar surface area (TPSA) is 64.6 Å². The third-order valence-electron chi connectivity index (χ3n) is 5.14. The van der Waals surface area contributed by atoms with Gasteiger partial charge in [0.2, 0.25) is 0 Å². The van der Waals surface area contributed by atoms with E-state index in [1.54, 1.807) is 14.0 Å². The van der Waals surface area contributed by atoms with Crippen molar-refractivity contribution in [3.05, 3.63) is 65.2 Å². The van der Waals surface area contributed by atoms with E-state index in [1.165, 1.54) is 11.1 Å². The first kappa shape index (κ1) is 19.9. The van der Waals surface area contributed by atoms with Gasteiger partial charge in [0.15, 0.2) is 6.10 Å². The van der Waals surface area contributed by atoms with Crippen LogP contribution in [0.15, 0.2) is 48.5 Å². The molecule has 0 aliphatic heterocycles. The molecule has 0 radical (unpaired) electrons. The molecule has 3 rings (SSSR count). The van der Waals surface area contributed by atoms with E-state index >= 15 is 0 Å². The van der Waals surface area contributed by atoms with Gasteiger partial charge >= 0.3 is 5.97 Å². The number of benzene rings is 2. The summed E-state index contributed by atoms with van der Waals surface area (Å²) in [7, 11) is 1.62. The zero-order valence-corrected chi connectivity index (χ0v) is 16.4. The molecule has 0 saturated heterocycles.